The Morgan fingerprint density at radius 2 is 1.77 bits per heavy atom. The molecule has 0 atom stereocenters. The molecular weight excluding hydrogens is 356 g/mol. The van der Waals surface area contributed by atoms with Crippen LogP contribution in [-0.2, 0) is 22.9 Å². The number of aryl methyl sites for hydroxylation is 2. The molecule has 0 N–H and O–H groups in total. The van der Waals surface area contributed by atoms with Gasteiger partial charge in [0.25, 0.3) is 10.0 Å². The minimum absolute atomic E-state index is 0.0258. The summed E-state index contributed by atoms with van der Waals surface area (Å²) in [5.41, 5.74) is 0.139. The summed E-state index contributed by atoms with van der Waals surface area (Å²) in [5.74, 6) is 0.342. The van der Waals surface area contributed by atoms with Gasteiger partial charge < -0.3 is 14.1 Å². The molecule has 2 aromatic rings. The first kappa shape index (κ1) is 18.2. The molecule has 0 radical (unpaired) electrons. The third-order valence-electron chi connectivity index (χ3n) is 4.12. The van der Waals surface area contributed by atoms with Crippen LogP contribution in [0.5, 0.6) is 5.75 Å². The molecule has 0 fully saturated rings. The average Bonchev–Trinajstić information content (AvgIpc) is 2.60. The molecule has 138 valence electrons. The maximum absolute atomic E-state index is 12.4. The Bertz CT molecular complexity index is 976. The van der Waals surface area contributed by atoms with Crippen LogP contribution in [-0.4, -0.2) is 32.4 Å². The number of sulfonamides is 1. The van der Waals surface area contributed by atoms with E-state index >= 15 is 0 Å². The number of nitrogens with zero attached hydrogens (tertiary/aromatic N) is 2. The van der Waals surface area contributed by atoms with Crippen LogP contribution in [0, 0.1) is 0 Å². The predicted octanol–water partition coefficient (Wildman–Crippen LogP) is 2.20. The molecule has 1 aliphatic rings. The summed E-state index contributed by atoms with van der Waals surface area (Å²) < 4.78 is 39.2. The first-order valence-electron chi connectivity index (χ1n) is 8.43. The molecule has 3 rings (SSSR count). The Hall–Kier alpha value is -2.61. The fourth-order valence-corrected chi connectivity index (χ4v) is 3.79. The molecule has 8 heteroatoms. The van der Waals surface area contributed by atoms with E-state index in [1.807, 2.05) is 44.2 Å². The summed E-state index contributed by atoms with van der Waals surface area (Å²) in [6.07, 6.45) is 1.11. The van der Waals surface area contributed by atoms with Gasteiger partial charge in [-0.05, 0) is 25.8 Å². The van der Waals surface area contributed by atoms with Gasteiger partial charge in [0, 0.05) is 25.6 Å². The summed E-state index contributed by atoms with van der Waals surface area (Å²) in [4.78, 5) is 13.3. The molecule has 0 saturated carbocycles. The summed E-state index contributed by atoms with van der Waals surface area (Å²) in [7, 11) is -4.16. The van der Waals surface area contributed by atoms with E-state index in [1.54, 1.807) is 4.90 Å². The monoisotopic (exact) mass is 376 g/mol. The number of hydrogen-bond acceptors (Lipinski definition) is 6. The SMILES string of the molecule is CCN(CC)C1=NS(=O)(=O)c2c(cc(CCc3ccccc3)oc2=O)O1. The zero-order chi connectivity index (χ0) is 18.7. The van der Waals surface area contributed by atoms with Gasteiger partial charge in [-0.3, -0.25) is 0 Å². The smallest absolute Gasteiger partial charge is 0.360 e. The lowest BCUT2D eigenvalue weighted by Gasteiger charge is -2.25. The van der Waals surface area contributed by atoms with Crippen molar-refractivity contribution in [2.75, 3.05) is 13.1 Å². The van der Waals surface area contributed by atoms with Crippen molar-refractivity contribution in [2.45, 2.75) is 31.6 Å². The quantitative estimate of drug-likeness (QED) is 0.795. The van der Waals surface area contributed by atoms with Crippen molar-refractivity contribution in [3.8, 4) is 5.75 Å². The van der Waals surface area contributed by atoms with Crippen molar-refractivity contribution < 1.29 is 17.6 Å². The molecule has 0 unspecified atom stereocenters. The zero-order valence-corrected chi connectivity index (χ0v) is 15.5. The topological polar surface area (TPSA) is 89.2 Å². The lowest BCUT2D eigenvalue weighted by atomic mass is 10.1. The standard InChI is InChI=1S/C18H20N2O5S/c1-3-20(4-2)18-19-26(22,23)16-15(25-18)12-14(24-17(16)21)11-10-13-8-6-5-7-9-13/h5-9,12H,3-4,10-11H2,1-2H3. The second kappa shape index (κ2) is 7.33. The maximum Gasteiger partial charge on any atom is 0.360 e. The van der Waals surface area contributed by atoms with E-state index in [4.69, 9.17) is 9.15 Å². The van der Waals surface area contributed by atoms with Gasteiger partial charge in [-0.25, -0.2) is 4.79 Å². The molecule has 26 heavy (non-hydrogen) atoms. The molecule has 0 aliphatic carbocycles. The Morgan fingerprint density at radius 3 is 2.42 bits per heavy atom. The molecule has 0 bridgehead atoms. The minimum Gasteiger partial charge on any atom is -0.427 e. The maximum atomic E-state index is 12.4. The second-order valence-corrected chi connectivity index (χ2v) is 7.34. The largest absolute Gasteiger partial charge is 0.427 e. The van der Waals surface area contributed by atoms with Gasteiger partial charge in [-0.2, -0.15) is 8.42 Å². The molecule has 7 nitrogen and oxygen atoms in total. The van der Waals surface area contributed by atoms with Crippen molar-refractivity contribution in [2.24, 2.45) is 4.40 Å². The highest BCUT2D eigenvalue weighted by molar-refractivity contribution is 7.90. The molecule has 0 saturated heterocycles. The Balaban J connectivity index is 1.93. The lowest BCUT2D eigenvalue weighted by molar-refractivity contribution is 0.346. The van der Waals surface area contributed by atoms with Crippen LogP contribution < -0.4 is 10.4 Å². The number of ether oxygens (including phenoxy) is 1. The van der Waals surface area contributed by atoms with Crippen molar-refractivity contribution in [3.63, 3.8) is 0 Å². The number of amidine groups is 1. The minimum atomic E-state index is -4.16. The Morgan fingerprint density at radius 1 is 1.08 bits per heavy atom. The van der Waals surface area contributed by atoms with Crippen LogP contribution in [0.15, 0.2) is 54.9 Å². The normalized spacial score (nSPS) is 14.9. The van der Waals surface area contributed by atoms with Crippen molar-refractivity contribution in [1.29, 1.82) is 0 Å². The van der Waals surface area contributed by atoms with Crippen LogP contribution in [0.3, 0.4) is 0 Å². The Labute approximate surface area is 152 Å². The van der Waals surface area contributed by atoms with E-state index in [1.165, 1.54) is 6.07 Å². The van der Waals surface area contributed by atoms with Crippen LogP contribution >= 0.6 is 0 Å². The Kier molecular flexibility index (Phi) is 5.13. The summed E-state index contributed by atoms with van der Waals surface area (Å²) in [5, 5.41) is 0. The summed E-state index contributed by atoms with van der Waals surface area (Å²) in [6.45, 7) is 4.79. The highest BCUT2D eigenvalue weighted by Gasteiger charge is 2.33. The fraction of sp³-hybridized carbons (Fsp3) is 0.333. The van der Waals surface area contributed by atoms with Crippen molar-refractivity contribution in [1.82, 2.24) is 4.90 Å². The number of fused-ring (bicyclic) bond motifs is 1. The van der Waals surface area contributed by atoms with E-state index in [0.717, 1.165) is 5.56 Å². The van der Waals surface area contributed by atoms with Crippen LogP contribution in [0.1, 0.15) is 25.2 Å². The number of hydrogen-bond donors (Lipinski definition) is 0. The van der Waals surface area contributed by atoms with E-state index in [2.05, 4.69) is 4.40 Å². The van der Waals surface area contributed by atoms with Crippen LogP contribution in [0.2, 0.25) is 0 Å². The number of rotatable bonds is 5. The molecule has 1 aromatic carbocycles. The van der Waals surface area contributed by atoms with Gasteiger partial charge in [-0.1, -0.05) is 30.3 Å². The van der Waals surface area contributed by atoms with Crippen molar-refractivity contribution >= 4 is 16.0 Å². The third kappa shape index (κ3) is 3.65. The van der Waals surface area contributed by atoms with E-state index < -0.39 is 20.5 Å². The molecule has 0 amide bonds. The van der Waals surface area contributed by atoms with Gasteiger partial charge in [0.05, 0.1) is 0 Å². The second-order valence-electron chi connectivity index (χ2n) is 5.80. The lowest BCUT2D eigenvalue weighted by Crippen LogP contribution is -2.38. The van der Waals surface area contributed by atoms with Gasteiger partial charge in [0.2, 0.25) is 4.90 Å². The first-order valence-corrected chi connectivity index (χ1v) is 9.87. The first-order chi connectivity index (χ1) is 12.4. The molecular formula is C18H20N2O5S. The van der Waals surface area contributed by atoms with Crippen LogP contribution in [0.25, 0.3) is 0 Å². The summed E-state index contributed by atoms with van der Waals surface area (Å²) in [6, 6.07) is 11.2. The van der Waals surface area contributed by atoms with Gasteiger partial charge in [0.15, 0.2) is 5.75 Å². The van der Waals surface area contributed by atoms with Crippen molar-refractivity contribution in [3.05, 3.63) is 58.1 Å². The molecule has 1 aromatic heterocycles. The van der Waals surface area contributed by atoms with Gasteiger partial charge in [-0.15, -0.1) is 4.40 Å². The summed E-state index contributed by atoms with van der Waals surface area (Å²) >= 11 is 0. The van der Waals surface area contributed by atoms with Gasteiger partial charge in [0.1, 0.15) is 5.76 Å². The van der Waals surface area contributed by atoms with Crippen LogP contribution in [0.4, 0.5) is 0 Å². The fourth-order valence-electron chi connectivity index (χ4n) is 2.73. The molecule has 1 aliphatic heterocycles. The average molecular weight is 376 g/mol. The molecule has 0 spiro atoms. The highest BCUT2D eigenvalue weighted by atomic mass is 32.2. The molecule has 2 heterocycles. The zero-order valence-electron chi connectivity index (χ0n) is 14.6. The predicted molar refractivity (Wildman–Crippen MR) is 97.0 cm³/mol. The highest BCUT2D eigenvalue weighted by Crippen LogP contribution is 2.28. The number of benzene rings is 1. The van der Waals surface area contributed by atoms with Gasteiger partial charge >= 0.3 is 11.6 Å². The van der Waals surface area contributed by atoms with E-state index in [0.29, 0.717) is 31.7 Å². The third-order valence-corrected chi connectivity index (χ3v) is 5.40. The van der Waals surface area contributed by atoms with E-state index in [9.17, 15) is 13.2 Å². The van der Waals surface area contributed by atoms with E-state index in [-0.39, 0.29) is 11.8 Å².